The minimum absolute atomic E-state index is 0.204. The van der Waals surface area contributed by atoms with Gasteiger partial charge in [-0.2, -0.15) is 0 Å². The second kappa shape index (κ2) is 10.1. The number of amides is 1. The van der Waals surface area contributed by atoms with Gasteiger partial charge in [0.2, 0.25) is 0 Å². The van der Waals surface area contributed by atoms with E-state index < -0.39 is 11.6 Å². The SMILES string of the molecule is CN(C(=O)c1ccco1)[C@@H](Cc1ccc(F)cc1F)C1CCN(Cc2ccccc2)CC1. The van der Waals surface area contributed by atoms with Crippen molar-refractivity contribution in [2.24, 2.45) is 5.92 Å². The van der Waals surface area contributed by atoms with Gasteiger partial charge in [0.1, 0.15) is 11.6 Å². The van der Waals surface area contributed by atoms with Gasteiger partial charge in [0.25, 0.3) is 5.91 Å². The van der Waals surface area contributed by atoms with Crippen molar-refractivity contribution in [1.29, 1.82) is 0 Å². The Hall–Kier alpha value is -2.99. The van der Waals surface area contributed by atoms with Crippen LogP contribution in [0.5, 0.6) is 0 Å². The lowest BCUT2D eigenvalue weighted by molar-refractivity contribution is 0.0554. The highest BCUT2D eigenvalue weighted by Crippen LogP contribution is 2.29. The Bertz CT molecular complexity index is 1020. The average Bonchev–Trinajstić information content (AvgIpc) is 3.34. The summed E-state index contributed by atoms with van der Waals surface area (Å²) >= 11 is 0. The highest BCUT2D eigenvalue weighted by Gasteiger charge is 2.33. The van der Waals surface area contributed by atoms with Gasteiger partial charge in [-0.1, -0.05) is 36.4 Å². The summed E-state index contributed by atoms with van der Waals surface area (Å²) in [6.45, 7) is 2.71. The molecule has 0 radical (unpaired) electrons. The van der Waals surface area contributed by atoms with Crippen LogP contribution in [-0.4, -0.2) is 41.9 Å². The first-order valence-electron chi connectivity index (χ1n) is 11.0. The second-order valence-corrected chi connectivity index (χ2v) is 8.50. The molecule has 1 atom stereocenters. The van der Waals surface area contributed by atoms with Crippen molar-refractivity contribution in [3.63, 3.8) is 0 Å². The van der Waals surface area contributed by atoms with Crippen molar-refractivity contribution in [2.75, 3.05) is 20.1 Å². The van der Waals surface area contributed by atoms with Crippen LogP contribution in [-0.2, 0) is 13.0 Å². The fourth-order valence-corrected chi connectivity index (χ4v) is 4.59. The molecule has 6 heteroatoms. The number of piperidine rings is 1. The van der Waals surface area contributed by atoms with Crippen LogP contribution in [0.1, 0.15) is 34.5 Å². The van der Waals surface area contributed by atoms with E-state index in [0.29, 0.717) is 12.0 Å². The van der Waals surface area contributed by atoms with Gasteiger partial charge in [-0.15, -0.1) is 0 Å². The molecule has 4 rings (SSSR count). The number of rotatable bonds is 7. The van der Waals surface area contributed by atoms with Crippen LogP contribution in [0.4, 0.5) is 8.78 Å². The molecule has 1 saturated heterocycles. The molecular weight excluding hydrogens is 410 g/mol. The molecule has 3 aromatic rings. The van der Waals surface area contributed by atoms with E-state index in [9.17, 15) is 13.6 Å². The predicted molar refractivity (Wildman–Crippen MR) is 119 cm³/mol. The number of hydrogen-bond donors (Lipinski definition) is 0. The third kappa shape index (κ3) is 5.25. The molecule has 0 saturated carbocycles. The van der Waals surface area contributed by atoms with E-state index in [-0.39, 0.29) is 23.6 Å². The van der Waals surface area contributed by atoms with Crippen LogP contribution < -0.4 is 0 Å². The Morgan fingerprint density at radius 2 is 1.84 bits per heavy atom. The first-order chi connectivity index (χ1) is 15.5. The van der Waals surface area contributed by atoms with E-state index in [1.807, 2.05) is 18.2 Å². The molecule has 1 fully saturated rings. The van der Waals surface area contributed by atoms with Gasteiger partial charge in [0.15, 0.2) is 5.76 Å². The molecule has 0 aliphatic carbocycles. The maximum absolute atomic E-state index is 14.5. The van der Waals surface area contributed by atoms with E-state index in [0.717, 1.165) is 38.5 Å². The summed E-state index contributed by atoms with van der Waals surface area (Å²) in [4.78, 5) is 17.1. The third-order valence-corrected chi connectivity index (χ3v) is 6.42. The van der Waals surface area contributed by atoms with Crippen molar-refractivity contribution < 1.29 is 18.0 Å². The molecule has 0 N–H and O–H groups in total. The molecule has 2 aromatic carbocycles. The zero-order valence-corrected chi connectivity index (χ0v) is 18.2. The number of benzene rings is 2. The number of carbonyl (C=O) groups excluding carboxylic acids is 1. The lowest BCUT2D eigenvalue weighted by atomic mass is 9.84. The monoisotopic (exact) mass is 438 g/mol. The zero-order chi connectivity index (χ0) is 22.5. The number of halogens is 2. The Labute approximate surface area is 187 Å². The summed E-state index contributed by atoms with van der Waals surface area (Å²) in [5.74, 6) is -0.935. The smallest absolute Gasteiger partial charge is 0.289 e. The number of hydrogen-bond acceptors (Lipinski definition) is 3. The van der Waals surface area contributed by atoms with Gasteiger partial charge in [0.05, 0.1) is 6.26 Å². The highest BCUT2D eigenvalue weighted by molar-refractivity contribution is 5.91. The van der Waals surface area contributed by atoms with Gasteiger partial charge < -0.3 is 9.32 Å². The van der Waals surface area contributed by atoms with Gasteiger partial charge in [-0.3, -0.25) is 9.69 Å². The first kappa shape index (κ1) is 22.2. The minimum Gasteiger partial charge on any atom is -0.459 e. The summed E-state index contributed by atoms with van der Waals surface area (Å²) in [7, 11) is 1.74. The molecule has 2 heterocycles. The van der Waals surface area contributed by atoms with E-state index in [2.05, 4.69) is 17.0 Å². The fraction of sp³-hybridized carbons (Fsp3) is 0.346. The standard InChI is InChI=1S/C26H28F2N2O2/c1-29(26(31)25-8-5-15-32-25)24(16-21-9-10-22(27)17-23(21)28)20-11-13-30(14-12-20)18-19-6-3-2-4-7-19/h2-10,15,17,20,24H,11-14,16,18H2,1H3/t24-/m0/s1. The quantitative estimate of drug-likeness (QED) is 0.512. The maximum Gasteiger partial charge on any atom is 0.289 e. The summed E-state index contributed by atoms with van der Waals surface area (Å²) in [6, 6.07) is 17.1. The van der Waals surface area contributed by atoms with E-state index in [1.165, 1.54) is 24.0 Å². The molecule has 0 unspecified atom stereocenters. The predicted octanol–water partition coefficient (Wildman–Crippen LogP) is 5.15. The molecular formula is C26H28F2N2O2. The molecule has 4 nitrogen and oxygen atoms in total. The Morgan fingerprint density at radius 3 is 2.50 bits per heavy atom. The molecule has 168 valence electrons. The van der Waals surface area contributed by atoms with Crippen LogP contribution in [0.3, 0.4) is 0 Å². The van der Waals surface area contributed by atoms with E-state index in [4.69, 9.17) is 4.42 Å². The topological polar surface area (TPSA) is 36.7 Å². The number of likely N-dealkylation sites (tertiary alicyclic amines) is 1. The lowest BCUT2D eigenvalue weighted by Crippen LogP contribution is -2.47. The minimum atomic E-state index is -0.600. The Morgan fingerprint density at radius 1 is 1.09 bits per heavy atom. The Kier molecular flexibility index (Phi) is 7.00. The summed E-state index contributed by atoms with van der Waals surface area (Å²) in [6.07, 6.45) is 3.60. The maximum atomic E-state index is 14.5. The van der Waals surface area contributed by atoms with Crippen LogP contribution in [0.25, 0.3) is 0 Å². The summed E-state index contributed by atoms with van der Waals surface area (Å²) < 4.78 is 33.2. The molecule has 32 heavy (non-hydrogen) atoms. The molecule has 1 aliphatic rings. The number of likely N-dealkylation sites (N-methyl/N-ethyl adjacent to an activating group) is 1. The van der Waals surface area contributed by atoms with Crippen LogP contribution in [0.15, 0.2) is 71.3 Å². The van der Waals surface area contributed by atoms with Gasteiger partial charge in [0, 0.05) is 25.7 Å². The number of carbonyl (C=O) groups is 1. The van der Waals surface area contributed by atoms with Gasteiger partial charge >= 0.3 is 0 Å². The summed E-state index contributed by atoms with van der Waals surface area (Å²) in [5, 5.41) is 0. The molecule has 0 spiro atoms. The van der Waals surface area contributed by atoms with Crippen LogP contribution >= 0.6 is 0 Å². The third-order valence-electron chi connectivity index (χ3n) is 6.42. The van der Waals surface area contributed by atoms with Crippen LogP contribution in [0.2, 0.25) is 0 Å². The molecule has 0 bridgehead atoms. The van der Waals surface area contributed by atoms with Crippen molar-refractivity contribution in [3.8, 4) is 0 Å². The second-order valence-electron chi connectivity index (χ2n) is 8.50. The van der Waals surface area contributed by atoms with Crippen molar-refractivity contribution in [1.82, 2.24) is 9.80 Å². The van der Waals surface area contributed by atoms with Crippen molar-refractivity contribution in [3.05, 3.63) is 95.4 Å². The van der Waals surface area contributed by atoms with Gasteiger partial charge in [-0.05, 0) is 67.6 Å². The lowest BCUT2D eigenvalue weighted by Gasteiger charge is -2.40. The highest BCUT2D eigenvalue weighted by atomic mass is 19.1. The molecule has 1 aliphatic heterocycles. The summed E-state index contributed by atoms with van der Waals surface area (Å²) in [5.41, 5.74) is 1.70. The normalized spacial score (nSPS) is 16.1. The van der Waals surface area contributed by atoms with E-state index in [1.54, 1.807) is 24.1 Å². The van der Waals surface area contributed by atoms with Gasteiger partial charge in [-0.25, -0.2) is 8.78 Å². The first-order valence-corrected chi connectivity index (χ1v) is 11.0. The van der Waals surface area contributed by atoms with Crippen molar-refractivity contribution in [2.45, 2.75) is 31.8 Å². The molecule has 1 aromatic heterocycles. The van der Waals surface area contributed by atoms with Crippen molar-refractivity contribution >= 4 is 5.91 Å². The largest absolute Gasteiger partial charge is 0.459 e. The average molecular weight is 439 g/mol. The number of furan rings is 1. The number of nitrogens with zero attached hydrogens (tertiary/aromatic N) is 2. The zero-order valence-electron chi connectivity index (χ0n) is 18.2. The van der Waals surface area contributed by atoms with E-state index >= 15 is 0 Å². The molecule has 1 amide bonds. The Balaban J connectivity index is 1.49. The van der Waals surface area contributed by atoms with Crippen LogP contribution in [0, 0.1) is 17.6 Å². The fourth-order valence-electron chi connectivity index (χ4n) is 4.59.